The first-order valence-corrected chi connectivity index (χ1v) is 6.41. The van der Waals surface area contributed by atoms with Crippen molar-refractivity contribution in [3.05, 3.63) is 34.3 Å². The first-order valence-electron chi connectivity index (χ1n) is 5.60. The maximum atomic E-state index is 11.9. The predicted octanol–water partition coefficient (Wildman–Crippen LogP) is 2.24. The molecule has 0 unspecified atom stereocenters. The van der Waals surface area contributed by atoms with Crippen LogP contribution in [0.5, 0.6) is 0 Å². The summed E-state index contributed by atoms with van der Waals surface area (Å²) in [5, 5.41) is 12.0. The average molecular weight is 262 g/mol. The van der Waals surface area contributed by atoms with Crippen molar-refractivity contribution >= 4 is 28.1 Å². The molecule has 0 saturated heterocycles. The molecule has 0 fully saturated rings. The third-order valence-corrected chi connectivity index (χ3v) is 3.51. The molecule has 2 aromatic rings. The highest BCUT2D eigenvalue weighted by atomic mass is 32.1. The topological polar surface area (TPSA) is 80.9 Å². The van der Waals surface area contributed by atoms with E-state index in [-0.39, 0.29) is 5.91 Å². The van der Waals surface area contributed by atoms with Crippen LogP contribution in [0.15, 0.2) is 18.2 Å². The summed E-state index contributed by atoms with van der Waals surface area (Å²) in [6.07, 6.45) is 0.811. The lowest BCUT2D eigenvalue weighted by atomic mass is 10.1. The molecular formula is C12H14N4OS. The van der Waals surface area contributed by atoms with Crippen LogP contribution >= 0.6 is 11.3 Å². The van der Waals surface area contributed by atoms with Gasteiger partial charge in [-0.05, 0) is 31.0 Å². The minimum Gasteiger partial charge on any atom is -0.398 e. The second-order valence-corrected chi connectivity index (χ2v) is 4.94. The minimum atomic E-state index is -0.222. The van der Waals surface area contributed by atoms with Gasteiger partial charge >= 0.3 is 0 Å². The minimum absolute atomic E-state index is 0.222. The molecule has 0 aliphatic heterocycles. The molecule has 0 radical (unpaired) electrons. The zero-order valence-corrected chi connectivity index (χ0v) is 11.0. The first kappa shape index (κ1) is 12.5. The van der Waals surface area contributed by atoms with Gasteiger partial charge in [-0.25, -0.2) is 0 Å². The fourth-order valence-corrected chi connectivity index (χ4v) is 2.07. The highest BCUT2D eigenvalue weighted by molar-refractivity contribution is 7.15. The molecule has 1 amide bonds. The third kappa shape index (κ3) is 2.65. The van der Waals surface area contributed by atoms with Crippen LogP contribution in [0.2, 0.25) is 0 Å². The van der Waals surface area contributed by atoms with Crippen molar-refractivity contribution in [2.24, 2.45) is 0 Å². The Balaban J connectivity index is 2.14. The van der Waals surface area contributed by atoms with Gasteiger partial charge in [-0.15, -0.1) is 10.2 Å². The van der Waals surface area contributed by atoms with E-state index in [2.05, 4.69) is 15.5 Å². The Kier molecular flexibility index (Phi) is 3.57. The molecule has 0 aliphatic rings. The summed E-state index contributed by atoms with van der Waals surface area (Å²) in [6.45, 7) is 3.89. The Labute approximate surface area is 109 Å². The van der Waals surface area contributed by atoms with E-state index in [0.717, 1.165) is 17.0 Å². The molecule has 0 aliphatic carbocycles. The molecule has 94 valence electrons. The Bertz CT molecular complexity index is 579. The van der Waals surface area contributed by atoms with Crippen molar-refractivity contribution in [1.82, 2.24) is 10.2 Å². The molecule has 0 saturated carbocycles. The zero-order chi connectivity index (χ0) is 13.1. The van der Waals surface area contributed by atoms with Crippen molar-refractivity contribution < 1.29 is 4.79 Å². The standard InChI is InChI=1S/C12H14N4OS/c1-3-10-15-16-12(18-10)14-11(17)8-5-4-7(2)9(13)6-8/h4-6H,3,13H2,1-2H3,(H,14,16,17). The number of hydrogen-bond acceptors (Lipinski definition) is 5. The van der Waals surface area contributed by atoms with E-state index in [9.17, 15) is 4.79 Å². The molecule has 5 nitrogen and oxygen atoms in total. The van der Waals surface area contributed by atoms with Crippen LogP contribution in [-0.2, 0) is 6.42 Å². The molecule has 6 heteroatoms. The van der Waals surface area contributed by atoms with Crippen molar-refractivity contribution in [3.8, 4) is 0 Å². The Morgan fingerprint density at radius 1 is 1.44 bits per heavy atom. The Hall–Kier alpha value is -1.95. The highest BCUT2D eigenvalue weighted by Gasteiger charge is 2.10. The fourth-order valence-electron chi connectivity index (χ4n) is 1.40. The number of nitrogens with one attached hydrogen (secondary N) is 1. The maximum Gasteiger partial charge on any atom is 0.257 e. The van der Waals surface area contributed by atoms with Crippen molar-refractivity contribution in [1.29, 1.82) is 0 Å². The van der Waals surface area contributed by atoms with Gasteiger partial charge in [0.05, 0.1) is 0 Å². The van der Waals surface area contributed by atoms with E-state index in [1.165, 1.54) is 11.3 Å². The summed E-state index contributed by atoms with van der Waals surface area (Å²) in [5.41, 5.74) is 7.85. The summed E-state index contributed by atoms with van der Waals surface area (Å²) in [7, 11) is 0. The number of anilines is 2. The van der Waals surface area contributed by atoms with Crippen LogP contribution in [0.3, 0.4) is 0 Å². The number of benzene rings is 1. The van der Waals surface area contributed by atoms with E-state index in [1.807, 2.05) is 19.9 Å². The Morgan fingerprint density at radius 2 is 2.22 bits per heavy atom. The van der Waals surface area contributed by atoms with Crippen molar-refractivity contribution in [3.63, 3.8) is 0 Å². The van der Waals surface area contributed by atoms with Gasteiger partial charge in [0.25, 0.3) is 5.91 Å². The first-order chi connectivity index (χ1) is 8.60. The van der Waals surface area contributed by atoms with Crippen LogP contribution in [0.25, 0.3) is 0 Å². The fraction of sp³-hybridized carbons (Fsp3) is 0.250. The third-order valence-electron chi connectivity index (χ3n) is 2.53. The molecule has 3 N–H and O–H groups in total. The smallest absolute Gasteiger partial charge is 0.257 e. The molecular weight excluding hydrogens is 248 g/mol. The molecule has 1 aromatic carbocycles. The van der Waals surface area contributed by atoms with Gasteiger partial charge in [0.15, 0.2) is 0 Å². The molecule has 0 bridgehead atoms. The van der Waals surface area contributed by atoms with Gasteiger partial charge in [-0.3, -0.25) is 10.1 Å². The number of aromatic nitrogens is 2. The number of nitrogens with zero attached hydrogens (tertiary/aromatic N) is 2. The van der Waals surface area contributed by atoms with E-state index in [1.54, 1.807) is 12.1 Å². The second-order valence-electron chi connectivity index (χ2n) is 3.88. The van der Waals surface area contributed by atoms with Gasteiger partial charge in [0, 0.05) is 11.3 Å². The van der Waals surface area contributed by atoms with Gasteiger partial charge in [0.2, 0.25) is 5.13 Å². The van der Waals surface area contributed by atoms with Crippen LogP contribution in [-0.4, -0.2) is 16.1 Å². The molecule has 1 aromatic heterocycles. The average Bonchev–Trinajstić information content (AvgIpc) is 2.80. The molecule has 18 heavy (non-hydrogen) atoms. The number of rotatable bonds is 3. The van der Waals surface area contributed by atoms with Gasteiger partial charge in [-0.1, -0.05) is 24.3 Å². The maximum absolute atomic E-state index is 11.9. The summed E-state index contributed by atoms with van der Waals surface area (Å²) < 4.78 is 0. The molecule has 0 atom stereocenters. The van der Waals surface area contributed by atoms with Crippen LogP contribution in [0, 0.1) is 6.92 Å². The number of amides is 1. The van der Waals surface area contributed by atoms with E-state index in [0.29, 0.717) is 16.4 Å². The lowest BCUT2D eigenvalue weighted by Crippen LogP contribution is -2.12. The number of hydrogen-bond donors (Lipinski definition) is 2. The van der Waals surface area contributed by atoms with Crippen LogP contribution in [0.1, 0.15) is 27.9 Å². The zero-order valence-electron chi connectivity index (χ0n) is 10.2. The SMILES string of the molecule is CCc1nnc(NC(=O)c2ccc(C)c(N)c2)s1. The van der Waals surface area contributed by atoms with Crippen molar-refractivity contribution in [2.45, 2.75) is 20.3 Å². The van der Waals surface area contributed by atoms with E-state index >= 15 is 0 Å². The highest BCUT2D eigenvalue weighted by Crippen LogP contribution is 2.18. The van der Waals surface area contributed by atoms with Gasteiger partial charge in [0.1, 0.15) is 5.01 Å². The second kappa shape index (κ2) is 5.14. The van der Waals surface area contributed by atoms with Crippen LogP contribution < -0.4 is 11.1 Å². The summed E-state index contributed by atoms with van der Waals surface area (Å²) >= 11 is 1.38. The Morgan fingerprint density at radius 3 is 2.83 bits per heavy atom. The number of nitrogens with two attached hydrogens (primary N) is 1. The summed E-state index contributed by atoms with van der Waals surface area (Å²) in [6, 6.07) is 5.22. The predicted molar refractivity (Wildman–Crippen MR) is 72.8 cm³/mol. The van der Waals surface area contributed by atoms with Crippen LogP contribution in [0.4, 0.5) is 10.8 Å². The van der Waals surface area contributed by atoms with Gasteiger partial charge < -0.3 is 5.73 Å². The monoisotopic (exact) mass is 262 g/mol. The lowest BCUT2D eigenvalue weighted by Gasteiger charge is -2.04. The number of nitrogen functional groups attached to an aromatic ring is 1. The number of carbonyl (C=O) groups is 1. The van der Waals surface area contributed by atoms with Gasteiger partial charge in [-0.2, -0.15) is 0 Å². The summed E-state index contributed by atoms with van der Waals surface area (Å²) in [5.74, 6) is -0.222. The number of carbonyl (C=O) groups excluding carboxylic acids is 1. The normalized spacial score (nSPS) is 10.3. The largest absolute Gasteiger partial charge is 0.398 e. The summed E-state index contributed by atoms with van der Waals surface area (Å²) in [4.78, 5) is 11.9. The molecule has 2 rings (SSSR count). The number of aryl methyl sites for hydroxylation is 2. The molecule has 0 spiro atoms. The lowest BCUT2D eigenvalue weighted by molar-refractivity contribution is 0.102. The van der Waals surface area contributed by atoms with Crippen molar-refractivity contribution in [2.75, 3.05) is 11.1 Å². The quantitative estimate of drug-likeness (QED) is 0.831. The molecule has 1 heterocycles. The van der Waals surface area contributed by atoms with E-state index < -0.39 is 0 Å². The van der Waals surface area contributed by atoms with E-state index in [4.69, 9.17) is 5.73 Å².